The normalized spacial score (nSPS) is 10.9. The molecule has 0 aliphatic heterocycles. The standard InChI is InChI=1S/C26H38N2O/c1-4-5-6-7-10-19-27-26(29)28-25-12-9-8-11-24(25)18-17-22-13-15-23(16-14-22)20-21(2)3/h8-9,11-16,21H,4-7,10,17-20H2,1-3H3,(H2,27,28,29). The molecule has 2 N–H and O–H groups in total. The molecule has 0 aliphatic carbocycles. The number of nitrogens with one attached hydrogen (secondary N) is 2. The minimum atomic E-state index is -0.106. The van der Waals surface area contributed by atoms with Crippen LogP contribution in [0.5, 0.6) is 0 Å². The van der Waals surface area contributed by atoms with Crippen molar-refractivity contribution in [3.05, 3.63) is 65.2 Å². The van der Waals surface area contributed by atoms with Crippen molar-refractivity contribution >= 4 is 11.7 Å². The van der Waals surface area contributed by atoms with Gasteiger partial charge in [0.25, 0.3) is 0 Å². The average Bonchev–Trinajstić information content (AvgIpc) is 2.70. The molecule has 0 aromatic heterocycles. The van der Waals surface area contributed by atoms with Crippen LogP contribution in [0.15, 0.2) is 48.5 Å². The maximum absolute atomic E-state index is 12.2. The van der Waals surface area contributed by atoms with Crippen molar-refractivity contribution in [3.63, 3.8) is 0 Å². The molecular weight excluding hydrogens is 356 g/mol. The van der Waals surface area contributed by atoms with E-state index in [1.807, 2.05) is 18.2 Å². The van der Waals surface area contributed by atoms with Crippen molar-refractivity contribution in [2.75, 3.05) is 11.9 Å². The molecule has 2 amide bonds. The second-order valence-electron chi connectivity index (χ2n) is 8.37. The van der Waals surface area contributed by atoms with Crippen LogP contribution in [0.2, 0.25) is 0 Å². The van der Waals surface area contributed by atoms with Gasteiger partial charge in [-0.3, -0.25) is 0 Å². The van der Waals surface area contributed by atoms with Gasteiger partial charge in [0, 0.05) is 12.2 Å². The molecule has 0 bridgehead atoms. The summed E-state index contributed by atoms with van der Waals surface area (Å²) < 4.78 is 0. The molecule has 0 radical (unpaired) electrons. The molecule has 2 rings (SSSR count). The second kappa shape index (κ2) is 13.0. The highest BCUT2D eigenvalue weighted by Crippen LogP contribution is 2.18. The Kier molecular flexibility index (Phi) is 10.3. The SMILES string of the molecule is CCCCCCCNC(=O)Nc1ccccc1CCc1ccc(CC(C)C)cc1. The van der Waals surface area contributed by atoms with Gasteiger partial charge in [0.2, 0.25) is 0 Å². The zero-order valence-corrected chi connectivity index (χ0v) is 18.5. The number of aryl methyl sites for hydroxylation is 2. The Morgan fingerprint density at radius 1 is 0.862 bits per heavy atom. The van der Waals surface area contributed by atoms with Gasteiger partial charge in [-0.05, 0) is 54.4 Å². The Balaban J connectivity index is 1.81. The highest BCUT2D eigenvalue weighted by atomic mass is 16.2. The Hall–Kier alpha value is -2.29. The van der Waals surface area contributed by atoms with Crippen LogP contribution in [-0.2, 0) is 19.3 Å². The minimum Gasteiger partial charge on any atom is -0.338 e. The molecule has 29 heavy (non-hydrogen) atoms. The van der Waals surface area contributed by atoms with Gasteiger partial charge in [0.15, 0.2) is 0 Å². The Morgan fingerprint density at radius 3 is 2.28 bits per heavy atom. The largest absolute Gasteiger partial charge is 0.338 e. The molecule has 0 fully saturated rings. The number of unbranched alkanes of at least 4 members (excludes halogenated alkanes) is 4. The van der Waals surface area contributed by atoms with Gasteiger partial charge in [0.05, 0.1) is 0 Å². The van der Waals surface area contributed by atoms with Crippen molar-refractivity contribution in [2.45, 2.75) is 72.1 Å². The van der Waals surface area contributed by atoms with Crippen LogP contribution in [0.25, 0.3) is 0 Å². The Labute approximate surface area is 177 Å². The number of urea groups is 1. The number of hydrogen-bond acceptors (Lipinski definition) is 1. The first kappa shape index (κ1) is 23.0. The lowest BCUT2D eigenvalue weighted by Gasteiger charge is -2.12. The fourth-order valence-corrected chi connectivity index (χ4v) is 3.55. The summed E-state index contributed by atoms with van der Waals surface area (Å²) >= 11 is 0. The molecule has 3 nitrogen and oxygen atoms in total. The first-order chi connectivity index (χ1) is 14.1. The molecule has 2 aromatic rings. The Morgan fingerprint density at radius 2 is 1.55 bits per heavy atom. The highest BCUT2D eigenvalue weighted by Gasteiger charge is 2.07. The van der Waals surface area contributed by atoms with E-state index in [0.717, 1.165) is 37.9 Å². The van der Waals surface area contributed by atoms with Crippen LogP contribution in [0, 0.1) is 5.92 Å². The average molecular weight is 395 g/mol. The van der Waals surface area contributed by atoms with Crippen LogP contribution >= 0.6 is 0 Å². The summed E-state index contributed by atoms with van der Waals surface area (Å²) in [5, 5.41) is 6.01. The number of hydrogen-bond donors (Lipinski definition) is 2. The topological polar surface area (TPSA) is 41.1 Å². The molecule has 3 heteroatoms. The predicted molar refractivity (Wildman–Crippen MR) is 125 cm³/mol. The van der Waals surface area contributed by atoms with Gasteiger partial charge >= 0.3 is 6.03 Å². The molecule has 158 valence electrons. The van der Waals surface area contributed by atoms with Gasteiger partial charge in [-0.15, -0.1) is 0 Å². The van der Waals surface area contributed by atoms with Gasteiger partial charge in [-0.1, -0.05) is 88.9 Å². The van der Waals surface area contributed by atoms with Crippen molar-refractivity contribution in [3.8, 4) is 0 Å². The molecule has 0 unspecified atom stereocenters. The van der Waals surface area contributed by atoms with Crippen LogP contribution in [0.4, 0.5) is 10.5 Å². The molecule has 0 saturated carbocycles. The van der Waals surface area contributed by atoms with Crippen LogP contribution in [-0.4, -0.2) is 12.6 Å². The van der Waals surface area contributed by atoms with Gasteiger partial charge in [0.1, 0.15) is 0 Å². The summed E-state index contributed by atoms with van der Waals surface area (Å²) in [6.45, 7) is 7.45. The number of amides is 2. The first-order valence-electron chi connectivity index (χ1n) is 11.3. The Bertz CT molecular complexity index is 722. The summed E-state index contributed by atoms with van der Waals surface area (Å²) in [6, 6.07) is 17.0. The minimum absolute atomic E-state index is 0.106. The monoisotopic (exact) mass is 394 g/mol. The smallest absolute Gasteiger partial charge is 0.319 e. The van der Waals surface area contributed by atoms with Crippen LogP contribution < -0.4 is 10.6 Å². The quantitative estimate of drug-likeness (QED) is 0.384. The number of anilines is 1. The maximum Gasteiger partial charge on any atom is 0.319 e. The number of para-hydroxylation sites is 1. The number of benzene rings is 2. The van der Waals surface area contributed by atoms with Gasteiger partial charge < -0.3 is 10.6 Å². The van der Waals surface area contributed by atoms with Gasteiger partial charge in [-0.25, -0.2) is 4.79 Å². The number of rotatable bonds is 12. The predicted octanol–water partition coefficient (Wildman–Crippen LogP) is 6.76. The van der Waals surface area contributed by atoms with E-state index in [1.165, 1.54) is 42.4 Å². The molecule has 0 spiro atoms. The lowest BCUT2D eigenvalue weighted by atomic mass is 9.99. The summed E-state index contributed by atoms with van der Waals surface area (Å²) in [7, 11) is 0. The van der Waals surface area contributed by atoms with E-state index in [1.54, 1.807) is 0 Å². The lowest BCUT2D eigenvalue weighted by molar-refractivity contribution is 0.252. The molecule has 2 aromatic carbocycles. The zero-order valence-electron chi connectivity index (χ0n) is 18.5. The van der Waals surface area contributed by atoms with Crippen molar-refractivity contribution in [2.24, 2.45) is 5.92 Å². The fraction of sp³-hybridized carbons (Fsp3) is 0.500. The van der Waals surface area contributed by atoms with Crippen molar-refractivity contribution in [1.29, 1.82) is 0 Å². The van der Waals surface area contributed by atoms with E-state index < -0.39 is 0 Å². The molecular formula is C26H38N2O. The summed E-state index contributed by atoms with van der Waals surface area (Å²) in [5.41, 5.74) is 4.82. The van der Waals surface area contributed by atoms with Crippen molar-refractivity contribution in [1.82, 2.24) is 5.32 Å². The van der Waals surface area contributed by atoms with E-state index in [2.05, 4.69) is 61.7 Å². The third-order valence-corrected chi connectivity index (χ3v) is 5.18. The van der Waals surface area contributed by atoms with E-state index in [0.29, 0.717) is 5.92 Å². The maximum atomic E-state index is 12.2. The summed E-state index contributed by atoms with van der Waals surface area (Å²) in [5.74, 6) is 0.682. The van der Waals surface area contributed by atoms with E-state index in [9.17, 15) is 4.79 Å². The third-order valence-electron chi connectivity index (χ3n) is 5.18. The summed E-state index contributed by atoms with van der Waals surface area (Å²) in [4.78, 5) is 12.2. The third kappa shape index (κ3) is 9.17. The second-order valence-corrected chi connectivity index (χ2v) is 8.37. The van der Waals surface area contributed by atoms with Crippen LogP contribution in [0.1, 0.15) is 69.6 Å². The number of carbonyl (C=O) groups is 1. The van der Waals surface area contributed by atoms with E-state index in [-0.39, 0.29) is 6.03 Å². The van der Waals surface area contributed by atoms with Crippen molar-refractivity contribution < 1.29 is 4.79 Å². The first-order valence-corrected chi connectivity index (χ1v) is 11.3. The lowest BCUT2D eigenvalue weighted by Crippen LogP contribution is -2.29. The molecule has 0 heterocycles. The molecule has 0 aliphatic rings. The zero-order chi connectivity index (χ0) is 20.9. The molecule has 0 saturated heterocycles. The number of carbonyl (C=O) groups excluding carboxylic acids is 1. The summed E-state index contributed by atoms with van der Waals surface area (Å²) in [6.07, 6.45) is 9.01. The highest BCUT2D eigenvalue weighted by molar-refractivity contribution is 5.90. The fourth-order valence-electron chi connectivity index (χ4n) is 3.55. The van der Waals surface area contributed by atoms with Gasteiger partial charge in [-0.2, -0.15) is 0 Å². The van der Waals surface area contributed by atoms with E-state index in [4.69, 9.17) is 0 Å². The van der Waals surface area contributed by atoms with Crippen LogP contribution in [0.3, 0.4) is 0 Å². The van der Waals surface area contributed by atoms with E-state index >= 15 is 0 Å². The molecule has 0 atom stereocenters.